The molecule has 0 aliphatic heterocycles. The van der Waals surface area contributed by atoms with Crippen LogP contribution >= 0.6 is 0 Å². The normalized spacial score (nSPS) is 10.2. The lowest BCUT2D eigenvalue weighted by Gasteiger charge is -2.09. The lowest BCUT2D eigenvalue weighted by atomic mass is 10.1. The topological polar surface area (TPSA) is 111 Å². The largest absolute Gasteiger partial charge is 0.494 e. The van der Waals surface area contributed by atoms with Gasteiger partial charge in [-0.1, -0.05) is 12.1 Å². The minimum Gasteiger partial charge on any atom is -0.494 e. The highest BCUT2D eigenvalue weighted by atomic mass is 16.6. The van der Waals surface area contributed by atoms with Crippen LogP contribution in [-0.2, 0) is 11.2 Å². The van der Waals surface area contributed by atoms with Gasteiger partial charge in [-0.25, -0.2) is 0 Å². The molecule has 0 radical (unpaired) electrons. The van der Waals surface area contributed by atoms with Crippen LogP contribution in [0.25, 0.3) is 0 Å². The number of nitrogens with zero attached hydrogens (tertiary/aromatic N) is 1. The van der Waals surface area contributed by atoms with E-state index in [0.29, 0.717) is 29.1 Å². The van der Waals surface area contributed by atoms with Crippen LogP contribution in [0.15, 0.2) is 72.8 Å². The van der Waals surface area contributed by atoms with Crippen LogP contribution in [0, 0.1) is 10.1 Å². The van der Waals surface area contributed by atoms with Crippen molar-refractivity contribution in [2.45, 2.75) is 13.3 Å². The molecule has 0 saturated carbocycles. The van der Waals surface area contributed by atoms with Crippen LogP contribution in [0.4, 0.5) is 17.1 Å². The van der Waals surface area contributed by atoms with E-state index in [1.807, 2.05) is 6.92 Å². The zero-order chi connectivity index (χ0) is 22.2. The standard InChI is InChI=1S/C23H21N3O5/c1-2-31-21-13-9-19(10-14-21)25-23(28)17-5-7-18(8-6-17)24-22(27)15-16-3-11-20(12-4-16)26(29)30/h3-14H,2,15H2,1H3,(H,24,27)(H,25,28). The lowest BCUT2D eigenvalue weighted by molar-refractivity contribution is -0.384. The van der Waals surface area contributed by atoms with Gasteiger partial charge < -0.3 is 15.4 Å². The summed E-state index contributed by atoms with van der Waals surface area (Å²) < 4.78 is 5.37. The SMILES string of the molecule is CCOc1ccc(NC(=O)c2ccc(NC(=O)Cc3ccc([N+](=O)[O-])cc3)cc2)cc1. The summed E-state index contributed by atoms with van der Waals surface area (Å²) in [5.74, 6) is 0.197. The van der Waals surface area contributed by atoms with Crippen molar-refractivity contribution in [2.75, 3.05) is 17.2 Å². The van der Waals surface area contributed by atoms with Gasteiger partial charge in [-0.2, -0.15) is 0 Å². The van der Waals surface area contributed by atoms with Gasteiger partial charge in [0, 0.05) is 29.1 Å². The lowest BCUT2D eigenvalue weighted by Crippen LogP contribution is -2.15. The summed E-state index contributed by atoms with van der Waals surface area (Å²) in [6.45, 7) is 2.47. The number of hydrogen-bond donors (Lipinski definition) is 2. The summed E-state index contributed by atoms with van der Waals surface area (Å²) >= 11 is 0. The number of nitro groups is 1. The van der Waals surface area contributed by atoms with E-state index in [2.05, 4.69) is 10.6 Å². The second-order valence-electron chi connectivity index (χ2n) is 6.64. The van der Waals surface area contributed by atoms with Crippen LogP contribution in [0.2, 0.25) is 0 Å². The van der Waals surface area contributed by atoms with Gasteiger partial charge in [0.15, 0.2) is 0 Å². The summed E-state index contributed by atoms with van der Waals surface area (Å²) in [5.41, 5.74) is 2.28. The highest BCUT2D eigenvalue weighted by Crippen LogP contribution is 2.18. The first-order valence-corrected chi connectivity index (χ1v) is 9.62. The third-order valence-corrected chi connectivity index (χ3v) is 4.37. The zero-order valence-electron chi connectivity index (χ0n) is 16.8. The van der Waals surface area contributed by atoms with Gasteiger partial charge in [0.25, 0.3) is 11.6 Å². The molecule has 0 aliphatic carbocycles. The first-order valence-electron chi connectivity index (χ1n) is 9.62. The fourth-order valence-corrected chi connectivity index (χ4v) is 2.84. The number of non-ortho nitro benzene ring substituents is 1. The number of nitro benzene ring substituents is 1. The molecule has 3 aromatic carbocycles. The smallest absolute Gasteiger partial charge is 0.269 e. The summed E-state index contributed by atoms with van der Waals surface area (Å²) in [6, 6.07) is 19.4. The van der Waals surface area contributed by atoms with E-state index < -0.39 is 4.92 Å². The molecule has 2 N–H and O–H groups in total. The van der Waals surface area contributed by atoms with Crippen molar-refractivity contribution < 1.29 is 19.2 Å². The van der Waals surface area contributed by atoms with Crippen molar-refractivity contribution in [3.8, 4) is 5.75 Å². The van der Waals surface area contributed by atoms with E-state index in [1.165, 1.54) is 12.1 Å². The summed E-state index contributed by atoms with van der Waals surface area (Å²) in [6.07, 6.45) is 0.0813. The number of carbonyl (C=O) groups is 2. The first kappa shape index (κ1) is 21.5. The molecule has 0 bridgehead atoms. The maximum atomic E-state index is 12.4. The highest BCUT2D eigenvalue weighted by Gasteiger charge is 2.10. The number of carbonyl (C=O) groups excluding carboxylic acids is 2. The quantitative estimate of drug-likeness (QED) is 0.415. The van der Waals surface area contributed by atoms with Crippen molar-refractivity contribution in [3.05, 3.63) is 94.0 Å². The Hall–Kier alpha value is -4.20. The van der Waals surface area contributed by atoms with Crippen LogP contribution in [0.1, 0.15) is 22.8 Å². The first-order chi connectivity index (χ1) is 14.9. The predicted octanol–water partition coefficient (Wildman–Crippen LogP) is 4.43. The number of ether oxygens (including phenoxy) is 1. The fourth-order valence-electron chi connectivity index (χ4n) is 2.84. The fraction of sp³-hybridized carbons (Fsp3) is 0.130. The van der Waals surface area contributed by atoms with Gasteiger partial charge in [-0.3, -0.25) is 19.7 Å². The van der Waals surface area contributed by atoms with Gasteiger partial charge >= 0.3 is 0 Å². The average Bonchev–Trinajstić information content (AvgIpc) is 2.76. The van der Waals surface area contributed by atoms with Gasteiger partial charge in [0.1, 0.15) is 5.75 Å². The molecule has 8 heteroatoms. The molecule has 0 fully saturated rings. The molecule has 0 heterocycles. The van der Waals surface area contributed by atoms with Gasteiger partial charge in [0.2, 0.25) is 5.91 Å². The molecule has 8 nitrogen and oxygen atoms in total. The zero-order valence-corrected chi connectivity index (χ0v) is 16.8. The monoisotopic (exact) mass is 419 g/mol. The van der Waals surface area contributed by atoms with Crippen molar-refractivity contribution in [1.29, 1.82) is 0 Å². The second-order valence-corrected chi connectivity index (χ2v) is 6.64. The summed E-state index contributed by atoms with van der Waals surface area (Å²) in [7, 11) is 0. The molecular formula is C23H21N3O5. The third-order valence-electron chi connectivity index (χ3n) is 4.37. The minimum atomic E-state index is -0.489. The molecule has 158 valence electrons. The molecule has 0 unspecified atom stereocenters. The predicted molar refractivity (Wildman–Crippen MR) is 117 cm³/mol. The number of rotatable bonds is 8. The number of nitrogens with one attached hydrogen (secondary N) is 2. The number of hydrogen-bond acceptors (Lipinski definition) is 5. The van der Waals surface area contributed by atoms with Crippen molar-refractivity contribution >= 4 is 28.9 Å². The van der Waals surface area contributed by atoms with Crippen LogP contribution in [0.3, 0.4) is 0 Å². The van der Waals surface area contributed by atoms with Crippen LogP contribution < -0.4 is 15.4 Å². The Morgan fingerprint density at radius 3 is 2.03 bits per heavy atom. The maximum absolute atomic E-state index is 12.4. The second kappa shape index (κ2) is 10.0. The number of amides is 2. The van der Waals surface area contributed by atoms with E-state index in [0.717, 1.165) is 5.75 Å². The Balaban J connectivity index is 1.54. The molecule has 0 spiro atoms. The van der Waals surface area contributed by atoms with Gasteiger partial charge in [-0.05, 0) is 61.0 Å². The number of anilines is 2. The number of benzene rings is 3. The average molecular weight is 419 g/mol. The third kappa shape index (κ3) is 6.14. The van der Waals surface area contributed by atoms with Crippen molar-refractivity contribution in [1.82, 2.24) is 0 Å². The van der Waals surface area contributed by atoms with E-state index in [-0.39, 0.29) is 23.9 Å². The Bertz CT molecular complexity index is 1060. The molecular weight excluding hydrogens is 398 g/mol. The summed E-state index contributed by atoms with van der Waals surface area (Å²) in [5, 5.41) is 16.2. The van der Waals surface area contributed by atoms with E-state index in [9.17, 15) is 19.7 Å². The molecule has 2 amide bonds. The van der Waals surface area contributed by atoms with E-state index in [4.69, 9.17) is 4.74 Å². The highest BCUT2D eigenvalue weighted by molar-refractivity contribution is 6.04. The molecule has 0 atom stereocenters. The minimum absolute atomic E-state index is 0.0248. The molecule has 3 aromatic rings. The Labute approximate surface area is 179 Å². The van der Waals surface area contributed by atoms with Crippen LogP contribution in [-0.4, -0.2) is 23.3 Å². The van der Waals surface area contributed by atoms with Crippen molar-refractivity contribution in [3.63, 3.8) is 0 Å². The Kier molecular flexibility index (Phi) is 6.95. The van der Waals surface area contributed by atoms with Gasteiger partial charge in [0.05, 0.1) is 18.0 Å². The molecule has 0 saturated heterocycles. The van der Waals surface area contributed by atoms with Crippen LogP contribution in [0.5, 0.6) is 5.75 Å². The summed E-state index contributed by atoms with van der Waals surface area (Å²) in [4.78, 5) is 34.8. The van der Waals surface area contributed by atoms with E-state index >= 15 is 0 Å². The molecule has 0 aliphatic rings. The maximum Gasteiger partial charge on any atom is 0.269 e. The van der Waals surface area contributed by atoms with E-state index in [1.54, 1.807) is 60.7 Å². The van der Waals surface area contributed by atoms with Crippen molar-refractivity contribution in [2.24, 2.45) is 0 Å². The molecule has 0 aromatic heterocycles. The Morgan fingerprint density at radius 1 is 0.871 bits per heavy atom. The Morgan fingerprint density at radius 2 is 1.45 bits per heavy atom. The molecule has 3 rings (SSSR count). The van der Waals surface area contributed by atoms with Gasteiger partial charge in [-0.15, -0.1) is 0 Å². The molecule has 31 heavy (non-hydrogen) atoms.